The summed E-state index contributed by atoms with van der Waals surface area (Å²) >= 11 is 0. The molecule has 2 aromatic rings. The van der Waals surface area contributed by atoms with Crippen LogP contribution < -0.4 is 4.74 Å². The number of ether oxygens (including phenoxy) is 2. The third kappa shape index (κ3) is 5.35. The summed E-state index contributed by atoms with van der Waals surface area (Å²) in [6.45, 7) is 1.52. The van der Waals surface area contributed by atoms with E-state index in [1.807, 2.05) is 36.9 Å². The number of esters is 1. The minimum absolute atomic E-state index is 0.0181. The molecule has 0 unspecified atom stereocenters. The van der Waals surface area contributed by atoms with Crippen LogP contribution in [0, 0.1) is 18.3 Å². The van der Waals surface area contributed by atoms with Crippen LogP contribution in [0.2, 0.25) is 0 Å². The Labute approximate surface area is 151 Å². The SMILES string of the molecule is C#CCn1ccc(COC(=O)[C@H](c2ccc(OC(F)F)cc2)C(C)C)c1. The Hall–Kier alpha value is -2.81. The monoisotopic (exact) mass is 361 g/mol. The van der Waals surface area contributed by atoms with Crippen molar-refractivity contribution in [3.63, 3.8) is 0 Å². The van der Waals surface area contributed by atoms with E-state index in [1.165, 1.54) is 12.1 Å². The summed E-state index contributed by atoms with van der Waals surface area (Å²) in [4.78, 5) is 12.5. The zero-order valence-electron chi connectivity index (χ0n) is 14.7. The van der Waals surface area contributed by atoms with Gasteiger partial charge in [-0.15, -0.1) is 6.42 Å². The Morgan fingerprint density at radius 3 is 2.50 bits per heavy atom. The van der Waals surface area contributed by atoms with Gasteiger partial charge < -0.3 is 14.0 Å². The van der Waals surface area contributed by atoms with E-state index in [0.717, 1.165) is 5.56 Å². The van der Waals surface area contributed by atoms with Crippen molar-refractivity contribution in [1.82, 2.24) is 4.57 Å². The first kappa shape index (κ1) is 19.5. The molecule has 0 amide bonds. The van der Waals surface area contributed by atoms with E-state index >= 15 is 0 Å². The average molecular weight is 361 g/mol. The van der Waals surface area contributed by atoms with Crippen molar-refractivity contribution < 1.29 is 23.0 Å². The molecule has 26 heavy (non-hydrogen) atoms. The van der Waals surface area contributed by atoms with E-state index in [0.29, 0.717) is 12.1 Å². The summed E-state index contributed by atoms with van der Waals surface area (Å²) in [5.41, 5.74) is 1.54. The highest BCUT2D eigenvalue weighted by Gasteiger charge is 2.26. The van der Waals surface area contributed by atoms with Gasteiger partial charge in [-0.3, -0.25) is 4.79 Å². The van der Waals surface area contributed by atoms with Gasteiger partial charge in [-0.05, 0) is 29.7 Å². The normalized spacial score (nSPS) is 12.0. The number of carbonyl (C=O) groups is 1. The number of alkyl halides is 2. The summed E-state index contributed by atoms with van der Waals surface area (Å²) in [5, 5.41) is 0. The van der Waals surface area contributed by atoms with Gasteiger partial charge in [0.25, 0.3) is 0 Å². The van der Waals surface area contributed by atoms with Crippen molar-refractivity contribution in [2.24, 2.45) is 5.92 Å². The van der Waals surface area contributed by atoms with Gasteiger partial charge in [0.1, 0.15) is 12.4 Å². The van der Waals surface area contributed by atoms with E-state index in [2.05, 4.69) is 10.7 Å². The van der Waals surface area contributed by atoms with Gasteiger partial charge in [0, 0.05) is 18.0 Å². The van der Waals surface area contributed by atoms with Gasteiger partial charge in [-0.2, -0.15) is 8.78 Å². The van der Waals surface area contributed by atoms with E-state index < -0.39 is 12.5 Å². The molecule has 6 heteroatoms. The molecule has 138 valence electrons. The van der Waals surface area contributed by atoms with Crippen LogP contribution in [0.5, 0.6) is 5.75 Å². The maximum atomic E-state index is 12.5. The molecule has 1 heterocycles. The van der Waals surface area contributed by atoms with Crippen LogP contribution >= 0.6 is 0 Å². The highest BCUT2D eigenvalue weighted by atomic mass is 19.3. The summed E-state index contributed by atoms with van der Waals surface area (Å²) < 4.78 is 36.1. The number of hydrogen-bond donors (Lipinski definition) is 0. The topological polar surface area (TPSA) is 40.5 Å². The maximum absolute atomic E-state index is 12.5. The van der Waals surface area contributed by atoms with Crippen LogP contribution in [-0.2, 0) is 22.7 Å². The molecule has 1 atom stereocenters. The number of terminal acetylenes is 1. The summed E-state index contributed by atoms with van der Waals surface area (Å²) in [6.07, 6.45) is 8.91. The molecule has 1 aromatic carbocycles. The molecule has 0 fully saturated rings. The largest absolute Gasteiger partial charge is 0.460 e. The smallest absolute Gasteiger partial charge is 0.387 e. The quantitative estimate of drug-likeness (QED) is 0.522. The van der Waals surface area contributed by atoms with Crippen LogP contribution in [0.4, 0.5) is 8.78 Å². The number of rotatable bonds is 8. The van der Waals surface area contributed by atoms with Gasteiger partial charge in [-0.1, -0.05) is 31.9 Å². The number of halogens is 2. The highest BCUT2D eigenvalue weighted by molar-refractivity contribution is 5.78. The fourth-order valence-corrected chi connectivity index (χ4v) is 2.67. The first-order chi connectivity index (χ1) is 12.4. The third-order valence-corrected chi connectivity index (χ3v) is 3.85. The lowest BCUT2D eigenvalue weighted by atomic mass is 9.88. The second kappa shape index (κ2) is 9.04. The van der Waals surface area contributed by atoms with Crippen LogP contribution in [0.25, 0.3) is 0 Å². The van der Waals surface area contributed by atoms with E-state index in [1.54, 1.807) is 12.1 Å². The van der Waals surface area contributed by atoms with Crippen LogP contribution in [0.3, 0.4) is 0 Å². The maximum Gasteiger partial charge on any atom is 0.387 e. The minimum atomic E-state index is -2.88. The number of hydrogen-bond acceptors (Lipinski definition) is 3. The third-order valence-electron chi connectivity index (χ3n) is 3.85. The van der Waals surface area contributed by atoms with Crippen molar-refractivity contribution >= 4 is 5.97 Å². The lowest BCUT2D eigenvalue weighted by Gasteiger charge is -2.20. The van der Waals surface area contributed by atoms with E-state index in [4.69, 9.17) is 11.2 Å². The fourth-order valence-electron chi connectivity index (χ4n) is 2.67. The van der Waals surface area contributed by atoms with Crippen LogP contribution in [0.1, 0.15) is 30.9 Å². The molecule has 0 bridgehead atoms. The summed E-state index contributed by atoms with van der Waals surface area (Å²) in [6, 6.07) is 7.89. The molecule has 4 nitrogen and oxygen atoms in total. The molecular formula is C20H21F2NO3. The van der Waals surface area contributed by atoms with Crippen molar-refractivity contribution in [1.29, 1.82) is 0 Å². The Kier molecular flexibility index (Phi) is 6.79. The summed E-state index contributed by atoms with van der Waals surface area (Å²) in [7, 11) is 0. The standard InChI is InChI=1S/C20H21F2NO3/c1-4-10-23-11-9-15(12-23)13-25-19(24)18(14(2)3)16-5-7-17(8-6-16)26-20(21)22/h1,5-9,11-12,14,18,20H,10,13H2,2-3H3/t18-/m0/s1. The highest BCUT2D eigenvalue weighted by Crippen LogP contribution is 2.28. The number of benzene rings is 1. The molecular weight excluding hydrogens is 340 g/mol. The molecule has 0 N–H and O–H groups in total. The Bertz CT molecular complexity index is 760. The number of carbonyl (C=O) groups excluding carboxylic acids is 1. The lowest BCUT2D eigenvalue weighted by Crippen LogP contribution is -2.20. The summed E-state index contributed by atoms with van der Waals surface area (Å²) in [5.74, 6) is 1.70. The van der Waals surface area contributed by atoms with Crippen molar-refractivity contribution in [2.45, 2.75) is 39.5 Å². The molecule has 0 aliphatic heterocycles. The molecule has 0 saturated heterocycles. The van der Waals surface area contributed by atoms with Crippen LogP contribution in [-0.4, -0.2) is 17.1 Å². The molecule has 0 aliphatic rings. The predicted octanol–water partition coefficient (Wildman–Crippen LogP) is 4.21. The molecule has 1 aromatic heterocycles. The Morgan fingerprint density at radius 1 is 1.23 bits per heavy atom. The van der Waals surface area contributed by atoms with E-state index in [-0.39, 0.29) is 24.2 Å². The van der Waals surface area contributed by atoms with Crippen molar-refractivity contribution in [3.8, 4) is 18.1 Å². The van der Waals surface area contributed by atoms with Gasteiger partial charge in [0.2, 0.25) is 0 Å². The first-order valence-corrected chi connectivity index (χ1v) is 8.20. The average Bonchev–Trinajstić information content (AvgIpc) is 3.02. The van der Waals surface area contributed by atoms with Gasteiger partial charge in [-0.25, -0.2) is 0 Å². The number of nitrogens with zero attached hydrogens (tertiary/aromatic N) is 1. The minimum Gasteiger partial charge on any atom is -0.460 e. The molecule has 0 spiro atoms. The number of aromatic nitrogens is 1. The Morgan fingerprint density at radius 2 is 1.92 bits per heavy atom. The fraction of sp³-hybridized carbons (Fsp3) is 0.350. The predicted molar refractivity (Wildman–Crippen MR) is 93.7 cm³/mol. The van der Waals surface area contributed by atoms with E-state index in [9.17, 15) is 13.6 Å². The zero-order chi connectivity index (χ0) is 19.1. The molecule has 0 aliphatic carbocycles. The molecule has 0 saturated carbocycles. The van der Waals surface area contributed by atoms with Crippen molar-refractivity contribution in [2.75, 3.05) is 0 Å². The first-order valence-electron chi connectivity index (χ1n) is 8.20. The lowest BCUT2D eigenvalue weighted by molar-refractivity contribution is -0.148. The zero-order valence-corrected chi connectivity index (χ0v) is 14.7. The molecule has 2 rings (SSSR count). The second-order valence-corrected chi connectivity index (χ2v) is 6.17. The Balaban J connectivity index is 2.03. The van der Waals surface area contributed by atoms with Gasteiger partial charge in [0.05, 0.1) is 12.5 Å². The molecule has 0 radical (unpaired) electrons. The van der Waals surface area contributed by atoms with Gasteiger partial charge >= 0.3 is 12.6 Å². The van der Waals surface area contributed by atoms with Crippen molar-refractivity contribution in [3.05, 3.63) is 53.9 Å². The second-order valence-electron chi connectivity index (χ2n) is 6.17. The van der Waals surface area contributed by atoms with Crippen LogP contribution in [0.15, 0.2) is 42.7 Å². The van der Waals surface area contributed by atoms with Gasteiger partial charge in [0.15, 0.2) is 0 Å².